The van der Waals surface area contributed by atoms with Crippen LogP contribution in [-0.4, -0.2) is 15.0 Å². The number of rotatable bonds is 2. The largest absolute Gasteiger partial charge is 0.369 e. The molecule has 0 saturated carbocycles. The van der Waals surface area contributed by atoms with E-state index in [1.54, 1.807) is 11.3 Å². The number of hydrogen-bond acceptors (Lipinski definition) is 4. The zero-order chi connectivity index (χ0) is 12.7. The maximum Gasteiger partial charge on any atom is 0.276 e. The van der Waals surface area contributed by atoms with Gasteiger partial charge in [0.15, 0.2) is 0 Å². The number of aromatic nitrogens is 3. The van der Waals surface area contributed by atoms with Gasteiger partial charge in [-0.3, -0.25) is 9.78 Å². The van der Waals surface area contributed by atoms with Crippen molar-refractivity contribution in [3.63, 3.8) is 0 Å². The van der Waals surface area contributed by atoms with Crippen LogP contribution in [0, 0.1) is 6.92 Å². The van der Waals surface area contributed by atoms with Gasteiger partial charge < -0.3 is 10.7 Å². The van der Waals surface area contributed by atoms with Gasteiger partial charge in [0, 0.05) is 17.7 Å². The summed E-state index contributed by atoms with van der Waals surface area (Å²) in [4.78, 5) is 21.6. The highest BCUT2D eigenvalue weighted by molar-refractivity contribution is 7.07. The number of anilines is 1. The molecule has 0 aliphatic carbocycles. The highest BCUT2D eigenvalue weighted by atomic mass is 32.1. The van der Waals surface area contributed by atoms with Gasteiger partial charge in [-0.1, -0.05) is 0 Å². The van der Waals surface area contributed by atoms with Crippen LogP contribution in [0.1, 0.15) is 16.8 Å². The first kappa shape index (κ1) is 11.0. The van der Waals surface area contributed by atoms with Gasteiger partial charge in [0.1, 0.15) is 11.0 Å². The second kappa shape index (κ2) is 3.99. The summed E-state index contributed by atoms with van der Waals surface area (Å²) in [5.41, 5.74) is 9.73. The molecule has 4 N–H and O–H groups in total. The van der Waals surface area contributed by atoms with Gasteiger partial charge in [0.05, 0.1) is 0 Å². The lowest BCUT2D eigenvalue weighted by molar-refractivity contribution is 1.15. The highest BCUT2D eigenvalue weighted by Gasteiger charge is 2.13. The van der Waals surface area contributed by atoms with E-state index in [0.29, 0.717) is 11.0 Å². The summed E-state index contributed by atoms with van der Waals surface area (Å²) in [5, 5.41) is 4.13. The summed E-state index contributed by atoms with van der Waals surface area (Å²) in [6, 6.07) is 2.07. The van der Waals surface area contributed by atoms with Gasteiger partial charge in [0.2, 0.25) is 5.95 Å². The van der Waals surface area contributed by atoms with Crippen LogP contribution >= 0.6 is 11.3 Å². The number of nitrogens with two attached hydrogens (primary N) is 1. The Balaban J connectivity index is 2.22. The number of fused-ring (bicyclic) bond motifs is 1. The number of thiophene rings is 1. The molecule has 0 amide bonds. The van der Waals surface area contributed by atoms with Crippen molar-refractivity contribution in [2.24, 2.45) is 0 Å². The Morgan fingerprint density at radius 2 is 2.28 bits per heavy atom. The van der Waals surface area contributed by atoms with Crippen LogP contribution in [0.15, 0.2) is 21.6 Å². The van der Waals surface area contributed by atoms with Crippen LogP contribution in [0.5, 0.6) is 0 Å². The van der Waals surface area contributed by atoms with E-state index in [1.165, 1.54) is 5.56 Å². The van der Waals surface area contributed by atoms with Gasteiger partial charge in [-0.2, -0.15) is 11.3 Å². The Hall–Kier alpha value is -2.08. The fourth-order valence-electron chi connectivity index (χ4n) is 2.08. The summed E-state index contributed by atoms with van der Waals surface area (Å²) in [6.07, 6.45) is 0.755. The van der Waals surface area contributed by atoms with Crippen LogP contribution in [-0.2, 0) is 6.42 Å². The minimum Gasteiger partial charge on any atom is -0.369 e. The number of nitrogen functional groups attached to an aromatic ring is 1. The van der Waals surface area contributed by atoms with E-state index in [4.69, 9.17) is 5.73 Å². The van der Waals surface area contributed by atoms with Crippen molar-refractivity contribution in [3.05, 3.63) is 44.0 Å². The molecule has 3 heterocycles. The zero-order valence-corrected chi connectivity index (χ0v) is 10.6. The third kappa shape index (κ3) is 1.70. The second-order valence-corrected chi connectivity index (χ2v) is 4.99. The number of aryl methyl sites for hydroxylation is 1. The average Bonchev–Trinajstić information content (AvgIpc) is 2.91. The number of H-pyrrole nitrogens is 2. The third-order valence-corrected chi connectivity index (χ3v) is 3.68. The number of hydrogen-bond donors (Lipinski definition) is 3. The Labute approximate surface area is 107 Å². The first-order valence-corrected chi connectivity index (χ1v) is 6.47. The molecule has 0 radical (unpaired) electrons. The molecule has 6 heteroatoms. The van der Waals surface area contributed by atoms with E-state index in [1.807, 2.05) is 12.3 Å². The quantitative estimate of drug-likeness (QED) is 0.656. The van der Waals surface area contributed by atoms with Crippen molar-refractivity contribution in [1.29, 1.82) is 0 Å². The minimum atomic E-state index is -0.225. The molecule has 3 aromatic rings. The van der Waals surface area contributed by atoms with E-state index < -0.39 is 0 Å². The predicted molar refractivity (Wildman–Crippen MR) is 73.0 cm³/mol. The lowest BCUT2D eigenvalue weighted by Gasteiger charge is -1.99. The molecule has 92 valence electrons. The van der Waals surface area contributed by atoms with Crippen LogP contribution in [0.4, 0.5) is 5.95 Å². The molecule has 3 aromatic heterocycles. The standard InChI is InChI=1S/C12H12N4OS/c1-6-8(4-7-2-3-18-5-7)9-10(14-6)11(17)16-12(13)15-9/h2-3,5,14H,4H2,1H3,(H3,13,15,16,17). The first-order valence-electron chi connectivity index (χ1n) is 5.53. The maximum absolute atomic E-state index is 11.8. The predicted octanol–water partition coefficient (Wildman–Crippen LogP) is 1.79. The normalized spacial score (nSPS) is 11.2. The molecular weight excluding hydrogens is 248 g/mol. The third-order valence-electron chi connectivity index (χ3n) is 2.95. The van der Waals surface area contributed by atoms with E-state index in [9.17, 15) is 4.79 Å². The number of nitrogens with zero attached hydrogens (tertiary/aromatic N) is 1. The zero-order valence-electron chi connectivity index (χ0n) is 9.78. The Morgan fingerprint density at radius 1 is 1.44 bits per heavy atom. The molecule has 18 heavy (non-hydrogen) atoms. The van der Waals surface area contributed by atoms with E-state index >= 15 is 0 Å². The molecule has 0 spiro atoms. The fourth-order valence-corrected chi connectivity index (χ4v) is 2.75. The molecule has 5 nitrogen and oxygen atoms in total. The molecule has 0 aliphatic heterocycles. The monoisotopic (exact) mass is 260 g/mol. The molecule has 0 aliphatic rings. The SMILES string of the molecule is Cc1[nH]c2c(=O)[nH]c(N)nc2c1Cc1ccsc1. The van der Waals surface area contributed by atoms with Crippen molar-refractivity contribution >= 4 is 28.3 Å². The molecule has 0 unspecified atom stereocenters. The maximum atomic E-state index is 11.8. The van der Waals surface area contributed by atoms with Crippen molar-refractivity contribution < 1.29 is 0 Å². The van der Waals surface area contributed by atoms with Gasteiger partial charge in [-0.05, 0) is 29.3 Å². The van der Waals surface area contributed by atoms with Crippen molar-refractivity contribution in [2.75, 3.05) is 5.73 Å². The smallest absolute Gasteiger partial charge is 0.276 e. The Kier molecular flexibility index (Phi) is 2.45. The van der Waals surface area contributed by atoms with Gasteiger partial charge in [-0.25, -0.2) is 4.98 Å². The summed E-state index contributed by atoms with van der Waals surface area (Å²) in [6.45, 7) is 1.94. The average molecular weight is 260 g/mol. The van der Waals surface area contributed by atoms with Crippen LogP contribution < -0.4 is 11.3 Å². The lowest BCUT2D eigenvalue weighted by Crippen LogP contribution is -2.11. The second-order valence-electron chi connectivity index (χ2n) is 4.21. The summed E-state index contributed by atoms with van der Waals surface area (Å²) >= 11 is 1.66. The number of aromatic amines is 2. The molecule has 0 saturated heterocycles. The van der Waals surface area contributed by atoms with Crippen LogP contribution in [0.25, 0.3) is 11.0 Å². The molecule has 3 rings (SSSR count). The van der Waals surface area contributed by atoms with Crippen molar-refractivity contribution in [1.82, 2.24) is 15.0 Å². The topological polar surface area (TPSA) is 87.6 Å². The minimum absolute atomic E-state index is 0.151. The summed E-state index contributed by atoms with van der Waals surface area (Å²) in [7, 11) is 0. The Morgan fingerprint density at radius 3 is 3.00 bits per heavy atom. The van der Waals surface area contributed by atoms with Crippen LogP contribution in [0.3, 0.4) is 0 Å². The fraction of sp³-hybridized carbons (Fsp3) is 0.167. The molecule has 0 fully saturated rings. The lowest BCUT2D eigenvalue weighted by atomic mass is 10.1. The summed E-state index contributed by atoms with van der Waals surface area (Å²) < 4.78 is 0. The van der Waals surface area contributed by atoms with Gasteiger partial charge in [-0.15, -0.1) is 0 Å². The molecule has 0 atom stereocenters. The van der Waals surface area contributed by atoms with E-state index in [2.05, 4.69) is 26.4 Å². The van der Waals surface area contributed by atoms with Gasteiger partial charge >= 0.3 is 0 Å². The van der Waals surface area contributed by atoms with Crippen molar-refractivity contribution in [3.8, 4) is 0 Å². The van der Waals surface area contributed by atoms with Crippen molar-refractivity contribution in [2.45, 2.75) is 13.3 Å². The first-order chi connectivity index (χ1) is 8.65. The highest BCUT2D eigenvalue weighted by Crippen LogP contribution is 2.22. The molecular formula is C12H12N4OS. The number of nitrogens with one attached hydrogen (secondary N) is 2. The summed E-state index contributed by atoms with van der Waals surface area (Å²) in [5.74, 6) is 0.151. The Bertz CT molecular complexity index is 754. The van der Waals surface area contributed by atoms with Crippen LogP contribution in [0.2, 0.25) is 0 Å². The van der Waals surface area contributed by atoms with E-state index in [-0.39, 0.29) is 11.5 Å². The van der Waals surface area contributed by atoms with Gasteiger partial charge in [0.25, 0.3) is 5.56 Å². The molecule has 0 aromatic carbocycles. The van der Waals surface area contributed by atoms with E-state index in [0.717, 1.165) is 17.7 Å². The molecule has 0 bridgehead atoms.